The molecule has 0 radical (unpaired) electrons. The van der Waals surface area contributed by atoms with Gasteiger partial charge in [0.1, 0.15) is 5.75 Å². The Bertz CT molecular complexity index is 945. The molecule has 0 bridgehead atoms. The highest BCUT2D eigenvalue weighted by molar-refractivity contribution is 9.10. The first kappa shape index (κ1) is 19.9. The number of ether oxygens (including phenoxy) is 1. The molecular weight excluding hydrogens is 432 g/mol. The van der Waals surface area contributed by atoms with Gasteiger partial charge < -0.3 is 9.64 Å². The fourth-order valence-electron chi connectivity index (χ4n) is 3.24. The zero-order valence-corrected chi connectivity index (χ0v) is 17.5. The monoisotopic (exact) mass is 452 g/mol. The zero-order valence-electron chi connectivity index (χ0n) is 15.1. The maximum atomic E-state index is 12.9. The van der Waals surface area contributed by atoms with Gasteiger partial charge in [-0.25, -0.2) is 13.1 Å². The van der Waals surface area contributed by atoms with Crippen molar-refractivity contribution in [1.29, 1.82) is 0 Å². The molecule has 0 saturated heterocycles. The number of hydrogen-bond donors (Lipinski definition) is 1. The van der Waals surface area contributed by atoms with Crippen molar-refractivity contribution < 1.29 is 17.9 Å². The molecule has 27 heavy (non-hydrogen) atoms. The smallest absolute Gasteiger partial charge is 0.228 e. The summed E-state index contributed by atoms with van der Waals surface area (Å²) in [5.74, 6) is 0.551. The van der Waals surface area contributed by atoms with E-state index in [1.807, 2.05) is 18.2 Å². The summed E-state index contributed by atoms with van der Waals surface area (Å²) in [5.41, 5.74) is 2.70. The van der Waals surface area contributed by atoms with E-state index in [1.54, 1.807) is 36.3 Å². The number of benzene rings is 2. The first-order chi connectivity index (χ1) is 12.8. The van der Waals surface area contributed by atoms with Gasteiger partial charge in [-0.05, 0) is 47.9 Å². The summed E-state index contributed by atoms with van der Waals surface area (Å²) >= 11 is 3.45. The van der Waals surface area contributed by atoms with E-state index in [4.69, 9.17) is 4.74 Å². The van der Waals surface area contributed by atoms with Crippen LogP contribution in [-0.4, -0.2) is 34.2 Å². The van der Waals surface area contributed by atoms with E-state index < -0.39 is 16.1 Å². The quantitative estimate of drug-likeness (QED) is 0.730. The van der Waals surface area contributed by atoms with Crippen LogP contribution in [0.15, 0.2) is 46.9 Å². The average Bonchev–Trinajstić information content (AvgIpc) is 3.03. The summed E-state index contributed by atoms with van der Waals surface area (Å²) < 4.78 is 32.3. The first-order valence-electron chi connectivity index (χ1n) is 8.47. The van der Waals surface area contributed by atoms with Gasteiger partial charge in [-0.1, -0.05) is 28.1 Å². The van der Waals surface area contributed by atoms with Crippen molar-refractivity contribution in [2.75, 3.05) is 24.8 Å². The minimum absolute atomic E-state index is 0.0366. The van der Waals surface area contributed by atoms with Crippen LogP contribution in [-0.2, 0) is 21.2 Å². The third-order valence-electron chi connectivity index (χ3n) is 4.49. The Kier molecular flexibility index (Phi) is 5.88. The van der Waals surface area contributed by atoms with Crippen LogP contribution in [0.1, 0.15) is 23.6 Å². The molecule has 1 amide bonds. The fraction of sp³-hybridized carbons (Fsp3) is 0.316. The highest BCUT2D eigenvalue weighted by Gasteiger charge is 2.28. The standard InChI is InChI=1S/C19H21BrN2O4S/c1-26-16-6-3-13(4-7-16)17(21-27(2,24)25)12-19(23)22-10-9-14-11-15(20)5-8-18(14)22/h3-8,11,17,21H,9-10,12H2,1-2H3/t17-/m0/s1. The van der Waals surface area contributed by atoms with Gasteiger partial charge >= 0.3 is 0 Å². The molecular formula is C19H21BrN2O4S. The molecule has 0 aromatic heterocycles. The van der Waals surface area contributed by atoms with Crippen molar-refractivity contribution >= 4 is 37.5 Å². The molecule has 0 spiro atoms. The van der Waals surface area contributed by atoms with Crippen molar-refractivity contribution in [1.82, 2.24) is 4.72 Å². The molecule has 1 heterocycles. The van der Waals surface area contributed by atoms with Crippen molar-refractivity contribution in [2.24, 2.45) is 0 Å². The Morgan fingerprint density at radius 3 is 2.59 bits per heavy atom. The Balaban J connectivity index is 1.83. The second-order valence-corrected chi connectivity index (χ2v) is 9.18. The van der Waals surface area contributed by atoms with Crippen LogP contribution in [0.4, 0.5) is 5.69 Å². The minimum Gasteiger partial charge on any atom is -0.497 e. The highest BCUT2D eigenvalue weighted by atomic mass is 79.9. The lowest BCUT2D eigenvalue weighted by atomic mass is 10.0. The number of amides is 1. The lowest BCUT2D eigenvalue weighted by Crippen LogP contribution is -2.35. The summed E-state index contributed by atoms with van der Waals surface area (Å²) in [4.78, 5) is 14.7. The third-order valence-corrected chi connectivity index (χ3v) is 5.70. The van der Waals surface area contributed by atoms with E-state index in [-0.39, 0.29) is 12.3 Å². The zero-order chi connectivity index (χ0) is 19.6. The number of anilines is 1. The van der Waals surface area contributed by atoms with E-state index in [2.05, 4.69) is 20.7 Å². The molecule has 1 aliphatic rings. The summed E-state index contributed by atoms with van der Waals surface area (Å²) in [6, 6.07) is 12.2. The Morgan fingerprint density at radius 1 is 1.26 bits per heavy atom. The maximum absolute atomic E-state index is 12.9. The lowest BCUT2D eigenvalue weighted by Gasteiger charge is -2.23. The number of nitrogens with zero attached hydrogens (tertiary/aromatic N) is 1. The van der Waals surface area contributed by atoms with Gasteiger partial charge in [0, 0.05) is 23.1 Å². The van der Waals surface area contributed by atoms with E-state index in [0.29, 0.717) is 17.9 Å². The molecule has 144 valence electrons. The predicted octanol–water partition coefficient (Wildman–Crippen LogP) is 3.03. The molecule has 0 fully saturated rings. The number of carbonyl (C=O) groups is 1. The number of rotatable bonds is 6. The third kappa shape index (κ3) is 4.88. The van der Waals surface area contributed by atoms with Gasteiger partial charge in [0.15, 0.2) is 0 Å². The molecule has 2 aromatic rings. The molecule has 8 heteroatoms. The summed E-state index contributed by atoms with van der Waals surface area (Å²) in [5, 5.41) is 0. The van der Waals surface area contributed by atoms with Gasteiger partial charge in [0.25, 0.3) is 0 Å². The number of sulfonamides is 1. The molecule has 1 N–H and O–H groups in total. The fourth-order valence-corrected chi connectivity index (χ4v) is 4.38. The second kappa shape index (κ2) is 8.00. The number of fused-ring (bicyclic) bond motifs is 1. The molecule has 0 saturated carbocycles. The maximum Gasteiger partial charge on any atom is 0.228 e. The molecule has 1 aliphatic heterocycles. The summed E-state index contributed by atoms with van der Waals surface area (Å²) in [7, 11) is -1.92. The van der Waals surface area contributed by atoms with Crippen molar-refractivity contribution in [3.8, 4) is 5.75 Å². The summed E-state index contributed by atoms with van der Waals surface area (Å²) in [6.45, 7) is 0.596. The normalized spacial score (nSPS) is 14.7. The number of nitrogens with one attached hydrogen (secondary N) is 1. The van der Waals surface area contributed by atoms with Crippen LogP contribution in [0.3, 0.4) is 0 Å². The van der Waals surface area contributed by atoms with Crippen LogP contribution < -0.4 is 14.4 Å². The van der Waals surface area contributed by atoms with Crippen LogP contribution >= 0.6 is 15.9 Å². The van der Waals surface area contributed by atoms with Crippen LogP contribution in [0.5, 0.6) is 5.75 Å². The van der Waals surface area contributed by atoms with Gasteiger partial charge in [0.05, 0.1) is 19.4 Å². The molecule has 1 atom stereocenters. The Hall–Kier alpha value is -1.90. The highest BCUT2D eigenvalue weighted by Crippen LogP contribution is 2.32. The Labute approximate surface area is 167 Å². The number of carbonyl (C=O) groups excluding carboxylic acids is 1. The van der Waals surface area contributed by atoms with Gasteiger partial charge in [-0.3, -0.25) is 4.79 Å². The molecule has 6 nitrogen and oxygen atoms in total. The van der Waals surface area contributed by atoms with Crippen LogP contribution in [0, 0.1) is 0 Å². The molecule has 2 aromatic carbocycles. The van der Waals surface area contributed by atoms with E-state index in [1.165, 1.54) is 0 Å². The van der Waals surface area contributed by atoms with Crippen molar-refractivity contribution in [3.05, 3.63) is 58.1 Å². The predicted molar refractivity (Wildman–Crippen MR) is 109 cm³/mol. The van der Waals surface area contributed by atoms with E-state index >= 15 is 0 Å². The second-order valence-electron chi connectivity index (χ2n) is 6.49. The number of hydrogen-bond acceptors (Lipinski definition) is 4. The average molecular weight is 453 g/mol. The van der Waals surface area contributed by atoms with Gasteiger partial charge in [0.2, 0.25) is 15.9 Å². The molecule has 0 aliphatic carbocycles. The number of halogens is 1. The van der Waals surface area contributed by atoms with Crippen LogP contribution in [0.25, 0.3) is 0 Å². The largest absolute Gasteiger partial charge is 0.497 e. The molecule has 0 unspecified atom stereocenters. The summed E-state index contributed by atoms with van der Waals surface area (Å²) in [6.07, 6.45) is 1.92. The topological polar surface area (TPSA) is 75.7 Å². The SMILES string of the molecule is COc1ccc([C@H](CC(=O)N2CCc3cc(Br)ccc32)NS(C)(=O)=O)cc1. The number of methoxy groups -OCH3 is 1. The van der Waals surface area contributed by atoms with Gasteiger partial charge in [-0.15, -0.1) is 0 Å². The van der Waals surface area contributed by atoms with Crippen LogP contribution in [0.2, 0.25) is 0 Å². The van der Waals surface area contributed by atoms with Crippen molar-refractivity contribution in [3.63, 3.8) is 0 Å². The Morgan fingerprint density at radius 2 is 1.96 bits per heavy atom. The van der Waals surface area contributed by atoms with E-state index in [9.17, 15) is 13.2 Å². The lowest BCUT2D eigenvalue weighted by molar-refractivity contribution is -0.118. The van der Waals surface area contributed by atoms with E-state index in [0.717, 1.165) is 28.4 Å². The van der Waals surface area contributed by atoms with Crippen molar-refractivity contribution in [2.45, 2.75) is 18.9 Å². The molecule has 3 rings (SSSR count). The first-order valence-corrected chi connectivity index (χ1v) is 11.2. The van der Waals surface area contributed by atoms with Gasteiger partial charge in [-0.2, -0.15) is 0 Å². The minimum atomic E-state index is -3.48.